The maximum Gasteiger partial charge on any atom is 0.305 e. The number of rotatable bonds is 12. The van der Waals surface area contributed by atoms with E-state index in [4.69, 9.17) is 4.74 Å². The van der Waals surface area contributed by atoms with E-state index in [1.165, 1.54) is 0 Å². The summed E-state index contributed by atoms with van der Waals surface area (Å²) in [6.07, 6.45) is 5.14. The summed E-state index contributed by atoms with van der Waals surface area (Å²) in [6, 6.07) is 16.2. The van der Waals surface area contributed by atoms with Crippen LogP contribution in [0.4, 0.5) is 0 Å². The van der Waals surface area contributed by atoms with Crippen LogP contribution in [0, 0.1) is 0 Å². The SMILES string of the molecule is C=CCN1C[C@H](C)N([C@@H](c2cccc(O)c2)c2cccc(C(=O)N3CCCN(CCCCC(=O)OCC)CC3)c2)C[C@H]1C. The molecule has 0 bridgehead atoms. The third kappa shape index (κ3) is 8.91. The van der Waals surface area contributed by atoms with Crippen molar-refractivity contribution < 1.29 is 19.4 Å². The number of piperazine rings is 1. The van der Waals surface area contributed by atoms with Crippen LogP contribution in [0.5, 0.6) is 5.75 Å². The number of amides is 1. The zero-order valence-corrected chi connectivity index (χ0v) is 26.3. The van der Waals surface area contributed by atoms with E-state index < -0.39 is 0 Å². The fraction of sp³-hybridized carbons (Fsp3) is 0.543. The van der Waals surface area contributed by atoms with Gasteiger partial charge in [-0.05, 0) is 88.5 Å². The molecular weight excluding hydrogens is 540 g/mol. The number of benzene rings is 2. The molecule has 1 amide bonds. The minimum atomic E-state index is -0.123. The molecule has 1 N–H and O–H groups in total. The van der Waals surface area contributed by atoms with Crippen LogP contribution in [0.3, 0.4) is 0 Å². The van der Waals surface area contributed by atoms with E-state index in [-0.39, 0.29) is 29.7 Å². The summed E-state index contributed by atoms with van der Waals surface area (Å²) in [4.78, 5) is 34.8. The zero-order valence-electron chi connectivity index (χ0n) is 26.3. The third-order valence-electron chi connectivity index (χ3n) is 8.78. The number of hydrogen-bond acceptors (Lipinski definition) is 7. The van der Waals surface area contributed by atoms with Crippen LogP contribution in [0.2, 0.25) is 0 Å². The first-order valence-electron chi connectivity index (χ1n) is 16.0. The molecule has 43 heavy (non-hydrogen) atoms. The number of hydrogen-bond donors (Lipinski definition) is 1. The first kappa shape index (κ1) is 32.7. The van der Waals surface area contributed by atoms with Gasteiger partial charge in [0.25, 0.3) is 5.91 Å². The minimum Gasteiger partial charge on any atom is -0.508 e. The Morgan fingerprint density at radius 1 is 1.00 bits per heavy atom. The first-order chi connectivity index (χ1) is 20.8. The van der Waals surface area contributed by atoms with E-state index >= 15 is 0 Å². The van der Waals surface area contributed by atoms with Gasteiger partial charge in [-0.2, -0.15) is 0 Å². The number of unbranched alkanes of at least 4 members (excludes halogenated alkanes) is 1. The van der Waals surface area contributed by atoms with Crippen molar-refractivity contribution in [3.8, 4) is 5.75 Å². The molecule has 4 rings (SSSR count). The van der Waals surface area contributed by atoms with Gasteiger partial charge < -0.3 is 19.6 Å². The fourth-order valence-corrected chi connectivity index (χ4v) is 6.54. The molecule has 2 aromatic carbocycles. The van der Waals surface area contributed by atoms with Crippen molar-refractivity contribution in [1.29, 1.82) is 0 Å². The average molecular weight is 591 g/mol. The van der Waals surface area contributed by atoms with Gasteiger partial charge in [-0.15, -0.1) is 6.58 Å². The van der Waals surface area contributed by atoms with Crippen LogP contribution in [0.15, 0.2) is 61.2 Å². The van der Waals surface area contributed by atoms with Crippen molar-refractivity contribution >= 4 is 11.9 Å². The van der Waals surface area contributed by atoms with Gasteiger partial charge in [0.2, 0.25) is 0 Å². The Bertz CT molecular complexity index is 1220. The molecule has 0 unspecified atom stereocenters. The van der Waals surface area contributed by atoms with E-state index in [0.29, 0.717) is 31.2 Å². The van der Waals surface area contributed by atoms with Crippen LogP contribution in [0.25, 0.3) is 0 Å². The number of phenols is 1. The minimum absolute atomic E-state index is 0.0675. The molecule has 8 heteroatoms. The highest BCUT2D eigenvalue weighted by Gasteiger charge is 2.35. The van der Waals surface area contributed by atoms with Gasteiger partial charge in [-0.25, -0.2) is 0 Å². The molecule has 2 aliphatic heterocycles. The molecule has 0 aliphatic carbocycles. The van der Waals surface area contributed by atoms with Gasteiger partial charge in [-0.1, -0.05) is 30.3 Å². The van der Waals surface area contributed by atoms with Crippen LogP contribution in [-0.2, 0) is 9.53 Å². The van der Waals surface area contributed by atoms with Crippen molar-refractivity contribution in [3.63, 3.8) is 0 Å². The summed E-state index contributed by atoms with van der Waals surface area (Å²) in [7, 11) is 0. The second kappa shape index (κ2) is 16.0. The van der Waals surface area contributed by atoms with Crippen molar-refractivity contribution in [2.75, 3.05) is 59.0 Å². The normalized spacial score (nSPS) is 21.2. The Kier molecular flexibility index (Phi) is 12.2. The lowest BCUT2D eigenvalue weighted by Crippen LogP contribution is -2.57. The lowest BCUT2D eigenvalue weighted by molar-refractivity contribution is -0.143. The van der Waals surface area contributed by atoms with E-state index in [9.17, 15) is 14.7 Å². The summed E-state index contributed by atoms with van der Waals surface area (Å²) in [6.45, 7) is 17.5. The van der Waals surface area contributed by atoms with E-state index in [2.05, 4.69) is 53.3 Å². The number of ether oxygens (including phenoxy) is 1. The van der Waals surface area contributed by atoms with E-state index in [1.54, 1.807) is 6.07 Å². The molecule has 0 spiro atoms. The quantitative estimate of drug-likeness (QED) is 0.213. The molecular formula is C35H50N4O4. The van der Waals surface area contributed by atoms with Gasteiger partial charge >= 0.3 is 5.97 Å². The second-order valence-electron chi connectivity index (χ2n) is 12.0. The predicted octanol–water partition coefficient (Wildman–Crippen LogP) is 4.94. The van der Waals surface area contributed by atoms with Gasteiger partial charge in [0.05, 0.1) is 12.6 Å². The molecule has 0 aromatic heterocycles. The maximum atomic E-state index is 13.8. The molecule has 2 fully saturated rings. The standard InChI is InChI=1S/C35H50N4O4/c1-5-17-38-25-28(4)39(26-27(38)3)34(30-13-10-15-32(40)24-30)29-12-9-14-31(23-29)35(42)37-20-11-19-36(21-22-37)18-8-7-16-33(41)43-6-2/h5,9-10,12-15,23-24,27-28,34,40H,1,6-8,11,16-22,25-26H2,2-4H3/t27-,28+,34-/m1/s1. The number of carbonyl (C=O) groups is 2. The molecule has 2 aromatic rings. The number of aromatic hydroxyl groups is 1. The Balaban J connectivity index is 1.47. The molecule has 2 heterocycles. The highest BCUT2D eigenvalue weighted by atomic mass is 16.5. The van der Waals surface area contributed by atoms with Crippen LogP contribution >= 0.6 is 0 Å². The summed E-state index contributed by atoms with van der Waals surface area (Å²) in [5.74, 6) is 0.191. The molecule has 0 radical (unpaired) electrons. The van der Waals surface area contributed by atoms with Crippen LogP contribution < -0.4 is 0 Å². The Morgan fingerprint density at radius 3 is 2.51 bits per heavy atom. The number of carbonyl (C=O) groups excluding carboxylic acids is 2. The number of nitrogens with zero attached hydrogens (tertiary/aromatic N) is 4. The highest BCUT2D eigenvalue weighted by molar-refractivity contribution is 5.94. The van der Waals surface area contributed by atoms with Crippen molar-refractivity contribution in [3.05, 3.63) is 77.9 Å². The molecule has 0 saturated carbocycles. The molecule has 2 saturated heterocycles. The third-order valence-corrected chi connectivity index (χ3v) is 8.78. The van der Waals surface area contributed by atoms with Crippen LogP contribution in [-0.4, -0.2) is 108 Å². The zero-order chi connectivity index (χ0) is 30.8. The van der Waals surface area contributed by atoms with Gasteiger partial charge in [0, 0.05) is 63.3 Å². The average Bonchev–Trinajstić information content (AvgIpc) is 3.24. The van der Waals surface area contributed by atoms with Gasteiger partial charge in [0.1, 0.15) is 5.75 Å². The van der Waals surface area contributed by atoms with Gasteiger partial charge in [-0.3, -0.25) is 19.4 Å². The molecule has 234 valence electrons. The first-order valence-corrected chi connectivity index (χ1v) is 16.0. The Labute approximate surface area is 257 Å². The van der Waals surface area contributed by atoms with Crippen molar-refractivity contribution in [2.24, 2.45) is 0 Å². The highest BCUT2D eigenvalue weighted by Crippen LogP contribution is 2.35. The van der Waals surface area contributed by atoms with E-state index in [1.807, 2.05) is 42.2 Å². The summed E-state index contributed by atoms with van der Waals surface area (Å²) in [5.41, 5.74) is 2.79. The topological polar surface area (TPSA) is 76.6 Å². The summed E-state index contributed by atoms with van der Waals surface area (Å²) in [5, 5.41) is 10.4. The Morgan fingerprint density at radius 2 is 1.77 bits per heavy atom. The number of esters is 1. The largest absolute Gasteiger partial charge is 0.508 e. The lowest BCUT2D eigenvalue weighted by Gasteiger charge is -2.47. The smallest absolute Gasteiger partial charge is 0.305 e. The van der Waals surface area contributed by atoms with Crippen molar-refractivity contribution in [1.82, 2.24) is 19.6 Å². The predicted molar refractivity (Wildman–Crippen MR) is 171 cm³/mol. The van der Waals surface area contributed by atoms with Crippen LogP contribution in [0.1, 0.15) is 74.0 Å². The second-order valence-corrected chi connectivity index (χ2v) is 12.0. The summed E-state index contributed by atoms with van der Waals surface area (Å²) < 4.78 is 5.03. The fourth-order valence-electron chi connectivity index (χ4n) is 6.54. The Hall–Kier alpha value is -3.20. The molecule has 3 atom stereocenters. The number of phenolic OH excluding ortho intramolecular Hbond substituents is 1. The van der Waals surface area contributed by atoms with Crippen molar-refractivity contribution in [2.45, 2.75) is 64.6 Å². The monoisotopic (exact) mass is 590 g/mol. The van der Waals surface area contributed by atoms with E-state index in [0.717, 1.165) is 76.2 Å². The maximum absolute atomic E-state index is 13.8. The van der Waals surface area contributed by atoms with Gasteiger partial charge in [0.15, 0.2) is 0 Å². The molecule has 2 aliphatic rings. The molecule has 8 nitrogen and oxygen atoms in total. The summed E-state index contributed by atoms with van der Waals surface area (Å²) >= 11 is 0. The lowest BCUT2D eigenvalue weighted by atomic mass is 9.92.